The van der Waals surface area contributed by atoms with Crippen LogP contribution in [0.3, 0.4) is 0 Å². The lowest BCUT2D eigenvalue weighted by atomic mass is 9.64. The van der Waals surface area contributed by atoms with E-state index in [0.717, 1.165) is 53.5 Å². The van der Waals surface area contributed by atoms with Crippen molar-refractivity contribution >= 4 is 5.78 Å². The number of carbonyl (C=O) groups excluding carboxylic acids is 1. The summed E-state index contributed by atoms with van der Waals surface area (Å²) in [5, 5.41) is 0. The van der Waals surface area contributed by atoms with E-state index >= 15 is 0 Å². The molecule has 1 fully saturated rings. The predicted octanol–water partition coefficient (Wildman–Crippen LogP) is 7.05. The number of Topliss-reactive ketones (excluding diaryl/α,β-unsaturated/α-hetero) is 1. The summed E-state index contributed by atoms with van der Waals surface area (Å²) in [6.45, 7) is 18.1. The number of nitrogens with zero attached hydrogens (tertiary/aromatic N) is 1. The third kappa shape index (κ3) is 9.78. The van der Waals surface area contributed by atoms with Gasteiger partial charge in [-0.2, -0.15) is 0 Å². The zero-order valence-corrected chi connectivity index (χ0v) is 20.3. The van der Waals surface area contributed by atoms with Crippen LogP contribution in [0.4, 0.5) is 0 Å². The minimum atomic E-state index is 0.209. The standard InChI is InChI=1S/C15H23NO2.C11H22/c1-11(2)7-8-18-15-9-14(6-5-12(3)17)13(4)16-10-15;1-5-9(4)11-6-10(7-11)8(2)3/h9-11H,5-8H2,1-4H3;8-11H,5-7H2,1-4H3. The third-order valence-corrected chi connectivity index (χ3v) is 6.48. The highest BCUT2D eigenvalue weighted by molar-refractivity contribution is 5.75. The summed E-state index contributed by atoms with van der Waals surface area (Å²) in [7, 11) is 0. The van der Waals surface area contributed by atoms with Gasteiger partial charge in [0.2, 0.25) is 0 Å². The Balaban J connectivity index is 0.000000326. The quantitative estimate of drug-likeness (QED) is 0.420. The Kier molecular flexibility index (Phi) is 11.5. The molecule has 166 valence electrons. The van der Waals surface area contributed by atoms with Gasteiger partial charge in [0, 0.05) is 12.1 Å². The Labute approximate surface area is 180 Å². The molecule has 1 aromatic heterocycles. The maximum absolute atomic E-state index is 11.0. The van der Waals surface area contributed by atoms with Gasteiger partial charge in [-0.1, -0.05) is 48.0 Å². The van der Waals surface area contributed by atoms with Crippen molar-refractivity contribution in [3.8, 4) is 5.75 Å². The number of hydrogen-bond donors (Lipinski definition) is 0. The van der Waals surface area contributed by atoms with E-state index in [-0.39, 0.29) is 5.78 Å². The van der Waals surface area contributed by atoms with Gasteiger partial charge in [-0.05, 0) is 80.8 Å². The first-order valence-electron chi connectivity index (χ1n) is 11.7. The molecule has 0 amide bonds. The van der Waals surface area contributed by atoms with Crippen molar-refractivity contribution in [2.75, 3.05) is 6.61 Å². The van der Waals surface area contributed by atoms with E-state index in [1.54, 1.807) is 13.1 Å². The molecule has 0 aliphatic heterocycles. The number of ether oxygens (including phenoxy) is 1. The van der Waals surface area contributed by atoms with Gasteiger partial charge in [0.05, 0.1) is 12.8 Å². The van der Waals surface area contributed by atoms with E-state index in [0.29, 0.717) is 18.9 Å². The van der Waals surface area contributed by atoms with E-state index in [1.807, 2.05) is 13.0 Å². The molecule has 0 saturated heterocycles. The zero-order valence-electron chi connectivity index (χ0n) is 20.3. The average molecular weight is 404 g/mol. The topological polar surface area (TPSA) is 39.2 Å². The molecular formula is C26H45NO2. The summed E-state index contributed by atoms with van der Waals surface area (Å²) < 4.78 is 5.67. The summed E-state index contributed by atoms with van der Waals surface area (Å²) in [5.74, 6) is 5.67. The summed E-state index contributed by atoms with van der Waals surface area (Å²) in [6.07, 6.45) is 8.49. The van der Waals surface area contributed by atoms with Crippen molar-refractivity contribution in [2.24, 2.45) is 29.6 Å². The van der Waals surface area contributed by atoms with Crippen LogP contribution in [0, 0.1) is 36.5 Å². The number of aromatic nitrogens is 1. The molecule has 0 aromatic carbocycles. The Morgan fingerprint density at radius 1 is 1.17 bits per heavy atom. The largest absolute Gasteiger partial charge is 0.492 e. The normalized spacial score (nSPS) is 19.4. The third-order valence-electron chi connectivity index (χ3n) is 6.48. The molecule has 0 spiro atoms. The van der Waals surface area contributed by atoms with Gasteiger partial charge in [0.15, 0.2) is 0 Å². The van der Waals surface area contributed by atoms with Gasteiger partial charge in [-0.25, -0.2) is 0 Å². The number of aryl methyl sites for hydroxylation is 2. The molecule has 0 N–H and O–H groups in total. The molecule has 1 aliphatic rings. The molecule has 0 radical (unpaired) electrons. The number of ketones is 1. The molecule has 1 unspecified atom stereocenters. The molecule has 29 heavy (non-hydrogen) atoms. The smallest absolute Gasteiger partial charge is 0.137 e. The Morgan fingerprint density at radius 3 is 2.34 bits per heavy atom. The average Bonchev–Trinajstić information content (AvgIpc) is 2.60. The van der Waals surface area contributed by atoms with E-state index in [9.17, 15) is 4.79 Å². The number of carbonyl (C=O) groups is 1. The fraction of sp³-hybridized carbons (Fsp3) is 0.769. The SMILES string of the molecule is CC(=O)CCc1cc(OCCC(C)C)cnc1C.CCC(C)C1CC(C(C)C)C1. The van der Waals surface area contributed by atoms with Crippen molar-refractivity contribution < 1.29 is 9.53 Å². The highest BCUT2D eigenvalue weighted by atomic mass is 16.5. The summed E-state index contributed by atoms with van der Waals surface area (Å²) in [6, 6.07) is 2.01. The number of pyridine rings is 1. The van der Waals surface area contributed by atoms with Crippen molar-refractivity contribution in [1.82, 2.24) is 4.98 Å². The molecule has 2 rings (SSSR count). The summed E-state index contributed by atoms with van der Waals surface area (Å²) in [4.78, 5) is 15.3. The number of rotatable bonds is 10. The first kappa shape index (κ1) is 25.7. The van der Waals surface area contributed by atoms with Crippen molar-refractivity contribution in [3.05, 3.63) is 23.5 Å². The van der Waals surface area contributed by atoms with Crippen molar-refractivity contribution in [1.29, 1.82) is 0 Å². The summed E-state index contributed by atoms with van der Waals surface area (Å²) >= 11 is 0. The zero-order chi connectivity index (χ0) is 22.0. The van der Waals surface area contributed by atoms with Gasteiger partial charge in [-0.3, -0.25) is 4.98 Å². The van der Waals surface area contributed by atoms with Crippen LogP contribution in [0.2, 0.25) is 0 Å². The van der Waals surface area contributed by atoms with Gasteiger partial charge < -0.3 is 9.53 Å². The first-order chi connectivity index (χ1) is 13.6. The van der Waals surface area contributed by atoms with E-state index in [1.165, 1.54) is 19.3 Å². The van der Waals surface area contributed by atoms with Crippen LogP contribution in [-0.4, -0.2) is 17.4 Å². The number of hydrogen-bond acceptors (Lipinski definition) is 3. The van der Waals surface area contributed by atoms with Gasteiger partial charge >= 0.3 is 0 Å². The molecule has 1 atom stereocenters. The Bertz CT molecular complexity index is 603. The second-order valence-corrected chi connectivity index (χ2v) is 9.77. The minimum absolute atomic E-state index is 0.209. The fourth-order valence-electron chi connectivity index (χ4n) is 3.66. The maximum Gasteiger partial charge on any atom is 0.137 e. The first-order valence-corrected chi connectivity index (χ1v) is 11.7. The second kappa shape index (κ2) is 13.0. The molecule has 3 heteroatoms. The highest BCUT2D eigenvalue weighted by Gasteiger charge is 2.33. The van der Waals surface area contributed by atoms with E-state index in [4.69, 9.17) is 4.74 Å². The van der Waals surface area contributed by atoms with Gasteiger partial charge in [0.25, 0.3) is 0 Å². The fourth-order valence-corrected chi connectivity index (χ4v) is 3.66. The molecule has 1 saturated carbocycles. The highest BCUT2D eigenvalue weighted by Crippen LogP contribution is 2.43. The predicted molar refractivity (Wildman–Crippen MR) is 123 cm³/mol. The monoisotopic (exact) mass is 403 g/mol. The van der Waals surface area contributed by atoms with E-state index < -0.39 is 0 Å². The lowest BCUT2D eigenvalue weighted by Gasteiger charge is -2.41. The summed E-state index contributed by atoms with van der Waals surface area (Å²) in [5.41, 5.74) is 2.08. The lowest BCUT2D eigenvalue weighted by molar-refractivity contribution is -0.116. The van der Waals surface area contributed by atoms with Crippen LogP contribution in [-0.2, 0) is 11.2 Å². The van der Waals surface area contributed by atoms with Gasteiger partial charge in [-0.15, -0.1) is 0 Å². The molecule has 3 nitrogen and oxygen atoms in total. The molecule has 1 aliphatic carbocycles. The van der Waals surface area contributed by atoms with Crippen LogP contribution in [0.5, 0.6) is 5.75 Å². The van der Waals surface area contributed by atoms with E-state index in [2.05, 4.69) is 46.5 Å². The lowest BCUT2D eigenvalue weighted by Crippen LogP contribution is -2.31. The Morgan fingerprint density at radius 2 is 1.83 bits per heavy atom. The minimum Gasteiger partial charge on any atom is -0.492 e. The molecular weight excluding hydrogens is 358 g/mol. The van der Waals surface area contributed by atoms with Crippen LogP contribution >= 0.6 is 0 Å². The van der Waals surface area contributed by atoms with Crippen LogP contribution < -0.4 is 4.74 Å². The van der Waals surface area contributed by atoms with Crippen molar-refractivity contribution in [3.63, 3.8) is 0 Å². The molecule has 1 heterocycles. The van der Waals surface area contributed by atoms with Crippen LogP contribution in [0.25, 0.3) is 0 Å². The Hall–Kier alpha value is -1.38. The van der Waals surface area contributed by atoms with Crippen LogP contribution in [0.15, 0.2) is 12.3 Å². The molecule has 0 bridgehead atoms. The maximum atomic E-state index is 11.0. The molecule has 1 aromatic rings. The second-order valence-electron chi connectivity index (χ2n) is 9.77. The van der Waals surface area contributed by atoms with Gasteiger partial charge in [0.1, 0.15) is 11.5 Å². The van der Waals surface area contributed by atoms with Crippen LogP contribution in [0.1, 0.15) is 91.8 Å². The van der Waals surface area contributed by atoms with Crippen molar-refractivity contribution in [2.45, 2.75) is 93.9 Å².